The molecule has 2 atom stereocenters. The van der Waals surface area contributed by atoms with Crippen molar-refractivity contribution in [3.63, 3.8) is 0 Å². The average molecular weight is 442 g/mol. The zero-order chi connectivity index (χ0) is 22.1. The minimum Gasteiger partial charge on any atom is -0.444 e. The predicted octanol–water partition coefficient (Wildman–Crippen LogP) is 4.73. The number of rotatable bonds is 4. The second-order valence-electron chi connectivity index (χ2n) is 8.60. The summed E-state index contributed by atoms with van der Waals surface area (Å²) in [6, 6.07) is 1.58. The number of aromatic nitrogens is 3. The number of ether oxygens (including phenoxy) is 1. The van der Waals surface area contributed by atoms with Crippen molar-refractivity contribution in [2.75, 3.05) is 18.0 Å². The van der Waals surface area contributed by atoms with Gasteiger partial charge in [-0.2, -0.15) is 13.9 Å². The van der Waals surface area contributed by atoms with Crippen molar-refractivity contribution in [2.24, 2.45) is 5.92 Å². The molecule has 0 radical (unpaired) electrons. The maximum Gasteiger partial charge on any atom is 0.407 e. The molecule has 3 rings (SSSR count). The SMILES string of the molecule is C[C@H]1C[C@H](NC(=O)OC(C)(C)C)CN(c2cc(Cl)ncc2-c2cnn(C(F)F)c2)C1. The van der Waals surface area contributed by atoms with Gasteiger partial charge in [0.25, 0.3) is 0 Å². The third kappa shape index (κ3) is 5.59. The number of anilines is 1. The van der Waals surface area contributed by atoms with Gasteiger partial charge in [-0.25, -0.2) is 14.5 Å². The lowest BCUT2D eigenvalue weighted by molar-refractivity contribution is 0.0494. The van der Waals surface area contributed by atoms with Gasteiger partial charge in [-0.15, -0.1) is 0 Å². The summed E-state index contributed by atoms with van der Waals surface area (Å²) in [6.07, 6.45) is 4.55. The van der Waals surface area contributed by atoms with E-state index < -0.39 is 18.2 Å². The summed E-state index contributed by atoms with van der Waals surface area (Å²) in [6.45, 7) is 6.06. The first kappa shape index (κ1) is 22.3. The number of halogens is 3. The van der Waals surface area contributed by atoms with Gasteiger partial charge in [0.2, 0.25) is 0 Å². The van der Waals surface area contributed by atoms with Crippen LogP contribution in [0.15, 0.2) is 24.7 Å². The van der Waals surface area contributed by atoms with E-state index in [2.05, 4.69) is 27.2 Å². The highest BCUT2D eigenvalue weighted by Crippen LogP contribution is 2.35. The number of alkyl halides is 2. The van der Waals surface area contributed by atoms with Crippen LogP contribution >= 0.6 is 11.6 Å². The Balaban J connectivity index is 1.85. The molecule has 30 heavy (non-hydrogen) atoms. The number of carbonyl (C=O) groups is 1. The first-order valence-corrected chi connectivity index (χ1v) is 10.1. The Kier molecular flexibility index (Phi) is 6.50. The lowest BCUT2D eigenvalue weighted by atomic mass is 9.94. The van der Waals surface area contributed by atoms with Crippen LogP contribution in [0.5, 0.6) is 0 Å². The second kappa shape index (κ2) is 8.75. The molecule has 1 saturated heterocycles. The Bertz CT molecular complexity index is 900. The van der Waals surface area contributed by atoms with Crippen molar-refractivity contribution in [1.82, 2.24) is 20.1 Å². The topological polar surface area (TPSA) is 72.3 Å². The van der Waals surface area contributed by atoms with Gasteiger partial charge in [-0.3, -0.25) is 0 Å². The minimum atomic E-state index is -2.72. The summed E-state index contributed by atoms with van der Waals surface area (Å²) < 4.78 is 31.9. The van der Waals surface area contributed by atoms with E-state index in [4.69, 9.17) is 16.3 Å². The number of carbonyl (C=O) groups excluding carboxylic acids is 1. The Labute approximate surface area is 179 Å². The van der Waals surface area contributed by atoms with Crippen LogP contribution in [0.2, 0.25) is 5.15 Å². The van der Waals surface area contributed by atoms with Crippen LogP contribution in [-0.2, 0) is 4.74 Å². The largest absolute Gasteiger partial charge is 0.444 e. The van der Waals surface area contributed by atoms with Crippen molar-refractivity contribution in [3.05, 3.63) is 29.8 Å². The number of amides is 1. The molecule has 1 aliphatic rings. The molecule has 164 valence electrons. The fourth-order valence-corrected chi connectivity index (χ4v) is 3.77. The zero-order valence-corrected chi connectivity index (χ0v) is 18.2. The van der Waals surface area contributed by atoms with E-state index in [0.717, 1.165) is 18.7 Å². The van der Waals surface area contributed by atoms with Gasteiger partial charge in [-0.05, 0) is 39.2 Å². The highest BCUT2D eigenvalue weighted by molar-refractivity contribution is 6.29. The molecule has 0 aliphatic carbocycles. The molecule has 1 fully saturated rings. The van der Waals surface area contributed by atoms with Crippen molar-refractivity contribution >= 4 is 23.4 Å². The van der Waals surface area contributed by atoms with Crippen LogP contribution in [0.1, 0.15) is 40.7 Å². The summed E-state index contributed by atoms with van der Waals surface area (Å²) >= 11 is 6.14. The molecule has 0 saturated carbocycles. The fraction of sp³-hybridized carbons (Fsp3) is 0.550. The van der Waals surface area contributed by atoms with Crippen molar-refractivity contribution in [3.8, 4) is 11.1 Å². The quantitative estimate of drug-likeness (QED) is 0.694. The number of nitrogens with zero attached hydrogens (tertiary/aromatic N) is 4. The molecular formula is C20H26ClF2N5O2. The van der Waals surface area contributed by atoms with E-state index >= 15 is 0 Å². The molecule has 0 unspecified atom stereocenters. The van der Waals surface area contributed by atoms with Gasteiger partial charge < -0.3 is 15.0 Å². The monoisotopic (exact) mass is 441 g/mol. The Morgan fingerprint density at radius 1 is 1.33 bits per heavy atom. The standard InChI is InChI=1S/C20H26ClF2N5O2/c1-12-5-14(26-19(29)30-20(2,3)4)11-27(9-12)16-6-17(21)24-8-15(16)13-7-25-28(10-13)18(22)23/h6-8,10,12,14,18H,5,9,11H2,1-4H3,(H,26,29)/t12-,14-/m0/s1. The highest BCUT2D eigenvalue weighted by atomic mass is 35.5. The van der Waals surface area contributed by atoms with E-state index in [1.807, 2.05) is 20.8 Å². The molecule has 0 bridgehead atoms. The van der Waals surface area contributed by atoms with Crippen LogP contribution < -0.4 is 10.2 Å². The molecule has 3 heterocycles. The molecule has 1 N–H and O–H groups in total. The van der Waals surface area contributed by atoms with E-state index in [1.165, 1.54) is 12.4 Å². The predicted molar refractivity (Wildman–Crippen MR) is 111 cm³/mol. The van der Waals surface area contributed by atoms with Gasteiger partial charge in [0.1, 0.15) is 10.8 Å². The summed E-state index contributed by atoms with van der Waals surface area (Å²) in [5, 5.41) is 6.95. The van der Waals surface area contributed by atoms with E-state index in [0.29, 0.717) is 27.5 Å². The van der Waals surface area contributed by atoms with Gasteiger partial charge in [0.15, 0.2) is 0 Å². The van der Waals surface area contributed by atoms with Gasteiger partial charge >= 0.3 is 12.6 Å². The Hall–Kier alpha value is -2.42. The van der Waals surface area contributed by atoms with E-state index in [1.54, 1.807) is 12.3 Å². The molecule has 7 nitrogen and oxygen atoms in total. The zero-order valence-electron chi connectivity index (χ0n) is 17.4. The lowest BCUT2D eigenvalue weighted by Gasteiger charge is -2.39. The highest BCUT2D eigenvalue weighted by Gasteiger charge is 2.29. The third-order valence-electron chi connectivity index (χ3n) is 4.68. The number of piperidine rings is 1. The Morgan fingerprint density at radius 3 is 2.70 bits per heavy atom. The first-order chi connectivity index (χ1) is 14.0. The van der Waals surface area contributed by atoms with Crippen molar-refractivity contribution in [1.29, 1.82) is 0 Å². The normalized spacial score (nSPS) is 19.8. The first-order valence-electron chi connectivity index (χ1n) is 9.74. The van der Waals surface area contributed by atoms with Crippen molar-refractivity contribution in [2.45, 2.75) is 52.3 Å². The van der Waals surface area contributed by atoms with Gasteiger partial charge in [-0.1, -0.05) is 18.5 Å². The minimum absolute atomic E-state index is 0.132. The number of alkyl carbamates (subject to hydrolysis) is 1. The molecular weight excluding hydrogens is 416 g/mol. The number of hydrogen-bond donors (Lipinski definition) is 1. The van der Waals surface area contributed by atoms with Crippen LogP contribution in [-0.4, -0.2) is 45.6 Å². The van der Waals surface area contributed by atoms with Crippen LogP contribution in [0.25, 0.3) is 11.1 Å². The van der Waals surface area contributed by atoms with Gasteiger partial charge in [0, 0.05) is 48.3 Å². The maximum absolute atomic E-state index is 13.0. The van der Waals surface area contributed by atoms with E-state index in [-0.39, 0.29) is 12.0 Å². The third-order valence-corrected chi connectivity index (χ3v) is 4.89. The smallest absolute Gasteiger partial charge is 0.407 e. The molecule has 2 aromatic heterocycles. The second-order valence-corrected chi connectivity index (χ2v) is 8.99. The maximum atomic E-state index is 13.0. The summed E-state index contributed by atoms with van der Waals surface area (Å²) in [5.41, 5.74) is 1.34. The molecule has 10 heteroatoms. The summed E-state index contributed by atoms with van der Waals surface area (Å²) in [4.78, 5) is 18.4. The van der Waals surface area contributed by atoms with Crippen LogP contribution in [0.4, 0.5) is 19.3 Å². The van der Waals surface area contributed by atoms with Crippen LogP contribution in [0, 0.1) is 5.92 Å². The molecule has 0 aromatic carbocycles. The molecule has 1 aliphatic heterocycles. The number of hydrogen-bond acceptors (Lipinski definition) is 5. The van der Waals surface area contributed by atoms with Gasteiger partial charge in [0.05, 0.1) is 6.20 Å². The van der Waals surface area contributed by atoms with E-state index in [9.17, 15) is 13.6 Å². The van der Waals surface area contributed by atoms with Crippen LogP contribution in [0.3, 0.4) is 0 Å². The fourth-order valence-electron chi connectivity index (χ4n) is 3.62. The average Bonchev–Trinajstić information content (AvgIpc) is 3.09. The lowest BCUT2D eigenvalue weighted by Crippen LogP contribution is -2.51. The number of pyridine rings is 1. The Morgan fingerprint density at radius 2 is 2.07 bits per heavy atom. The summed E-state index contributed by atoms with van der Waals surface area (Å²) in [5.74, 6) is 0.280. The van der Waals surface area contributed by atoms with Crippen molar-refractivity contribution < 1.29 is 18.3 Å². The molecule has 0 spiro atoms. The molecule has 2 aromatic rings. The summed E-state index contributed by atoms with van der Waals surface area (Å²) in [7, 11) is 0. The number of nitrogens with one attached hydrogen (secondary N) is 1. The molecule has 1 amide bonds.